The van der Waals surface area contributed by atoms with Crippen molar-refractivity contribution in [1.82, 2.24) is 9.88 Å². The van der Waals surface area contributed by atoms with E-state index in [-0.39, 0.29) is 11.4 Å². The van der Waals surface area contributed by atoms with Gasteiger partial charge in [-0.2, -0.15) is 0 Å². The summed E-state index contributed by atoms with van der Waals surface area (Å²) >= 11 is 5.86. The highest BCUT2D eigenvalue weighted by Gasteiger charge is 2.35. The molecule has 1 aliphatic heterocycles. The lowest BCUT2D eigenvalue weighted by molar-refractivity contribution is -0.0373. The summed E-state index contributed by atoms with van der Waals surface area (Å²) < 4.78 is 5.38. The first-order valence-electron chi connectivity index (χ1n) is 5.52. The van der Waals surface area contributed by atoms with Crippen LogP contribution in [0.2, 0.25) is 5.02 Å². The van der Waals surface area contributed by atoms with Crippen LogP contribution in [0, 0.1) is 0 Å². The number of morpholine rings is 1. The van der Waals surface area contributed by atoms with Gasteiger partial charge >= 0.3 is 0 Å². The molecule has 0 bridgehead atoms. The zero-order chi connectivity index (χ0) is 12.5. The first kappa shape index (κ1) is 12.3. The van der Waals surface area contributed by atoms with E-state index in [1.165, 1.54) is 0 Å². The lowest BCUT2D eigenvalue weighted by Gasteiger charge is -2.41. The van der Waals surface area contributed by atoms with Crippen molar-refractivity contribution in [2.24, 2.45) is 0 Å². The second-order valence-corrected chi connectivity index (χ2v) is 5.12. The average molecular weight is 255 g/mol. The molecule has 0 unspecified atom stereocenters. The Hall–Kier alpha value is -1.13. The lowest BCUT2D eigenvalue weighted by Crippen LogP contribution is -2.55. The smallest absolute Gasteiger partial charge is 0.273 e. The van der Waals surface area contributed by atoms with Gasteiger partial charge in [-0.1, -0.05) is 11.6 Å². The van der Waals surface area contributed by atoms with E-state index in [9.17, 15) is 4.79 Å². The van der Waals surface area contributed by atoms with Crippen molar-refractivity contribution in [3.05, 3.63) is 29.0 Å². The van der Waals surface area contributed by atoms with Crippen LogP contribution in [-0.2, 0) is 4.74 Å². The molecule has 2 heterocycles. The zero-order valence-corrected chi connectivity index (χ0v) is 10.7. The normalized spacial score (nSPS) is 19.1. The summed E-state index contributed by atoms with van der Waals surface area (Å²) in [6.07, 6.45) is 1.54. The Balaban J connectivity index is 2.25. The highest BCUT2D eigenvalue weighted by atomic mass is 35.5. The Labute approximate surface area is 106 Å². The number of amides is 1. The summed E-state index contributed by atoms with van der Waals surface area (Å²) in [6.45, 7) is 5.65. The molecule has 17 heavy (non-hydrogen) atoms. The molecule has 0 N–H and O–H groups in total. The van der Waals surface area contributed by atoms with Crippen molar-refractivity contribution in [3.8, 4) is 0 Å². The van der Waals surface area contributed by atoms with Gasteiger partial charge in [0.2, 0.25) is 0 Å². The van der Waals surface area contributed by atoms with E-state index >= 15 is 0 Å². The third kappa shape index (κ3) is 2.58. The Morgan fingerprint density at radius 1 is 1.59 bits per heavy atom. The Morgan fingerprint density at radius 3 is 3.00 bits per heavy atom. The number of rotatable bonds is 1. The maximum absolute atomic E-state index is 12.3. The van der Waals surface area contributed by atoms with Crippen molar-refractivity contribution < 1.29 is 9.53 Å². The monoisotopic (exact) mass is 254 g/mol. The van der Waals surface area contributed by atoms with Crippen LogP contribution in [0.1, 0.15) is 24.3 Å². The highest BCUT2D eigenvalue weighted by molar-refractivity contribution is 6.30. The van der Waals surface area contributed by atoms with E-state index in [0.717, 1.165) is 0 Å². The molecule has 92 valence electrons. The second kappa shape index (κ2) is 4.63. The molecule has 1 aromatic heterocycles. The van der Waals surface area contributed by atoms with E-state index < -0.39 is 0 Å². The number of pyridine rings is 1. The van der Waals surface area contributed by atoms with Crippen LogP contribution in [0.5, 0.6) is 0 Å². The van der Waals surface area contributed by atoms with Crippen LogP contribution in [-0.4, -0.2) is 41.1 Å². The molecule has 0 radical (unpaired) electrons. The summed E-state index contributed by atoms with van der Waals surface area (Å²) in [7, 11) is 0. The fourth-order valence-corrected chi connectivity index (χ4v) is 2.05. The van der Waals surface area contributed by atoms with Gasteiger partial charge in [0.15, 0.2) is 0 Å². The van der Waals surface area contributed by atoms with Crippen LogP contribution in [0.3, 0.4) is 0 Å². The van der Waals surface area contributed by atoms with Crippen molar-refractivity contribution in [2.75, 3.05) is 19.8 Å². The van der Waals surface area contributed by atoms with E-state index in [1.807, 2.05) is 13.8 Å². The number of hydrogen-bond donors (Lipinski definition) is 0. The quantitative estimate of drug-likeness (QED) is 0.770. The third-order valence-electron chi connectivity index (χ3n) is 2.83. The lowest BCUT2D eigenvalue weighted by atomic mass is 10.0. The number of nitrogens with zero attached hydrogens (tertiary/aromatic N) is 2. The summed E-state index contributed by atoms with van der Waals surface area (Å²) in [6, 6.07) is 3.25. The molecule has 1 fully saturated rings. The van der Waals surface area contributed by atoms with E-state index in [2.05, 4.69) is 4.98 Å². The van der Waals surface area contributed by atoms with E-state index in [0.29, 0.717) is 30.5 Å². The molecule has 0 aromatic carbocycles. The number of ether oxygens (including phenoxy) is 1. The number of carbonyl (C=O) groups is 1. The average Bonchev–Trinajstić information content (AvgIpc) is 2.27. The Kier molecular flexibility index (Phi) is 3.35. The molecule has 0 aliphatic carbocycles. The van der Waals surface area contributed by atoms with Crippen LogP contribution in [0.4, 0.5) is 0 Å². The van der Waals surface area contributed by atoms with Crippen LogP contribution in [0.15, 0.2) is 18.3 Å². The van der Waals surface area contributed by atoms with Gasteiger partial charge in [0.25, 0.3) is 5.91 Å². The molecule has 1 aromatic rings. The highest BCUT2D eigenvalue weighted by Crippen LogP contribution is 2.21. The van der Waals surface area contributed by atoms with Gasteiger partial charge in [0.05, 0.1) is 18.8 Å². The summed E-state index contributed by atoms with van der Waals surface area (Å²) in [5, 5.41) is 0.523. The molecule has 1 saturated heterocycles. The fourth-order valence-electron chi connectivity index (χ4n) is 1.89. The van der Waals surface area contributed by atoms with Gasteiger partial charge in [-0.05, 0) is 26.0 Å². The van der Waals surface area contributed by atoms with Gasteiger partial charge in [0.1, 0.15) is 5.69 Å². The third-order valence-corrected chi connectivity index (χ3v) is 3.07. The minimum atomic E-state index is -0.306. The molecule has 0 spiro atoms. The molecular formula is C12H15ClN2O2. The second-order valence-electron chi connectivity index (χ2n) is 4.68. The van der Waals surface area contributed by atoms with Crippen molar-refractivity contribution in [3.63, 3.8) is 0 Å². The molecular weight excluding hydrogens is 240 g/mol. The number of aromatic nitrogens is 1. The van der Waals surface area contributed by atoms with Gasteiger partial charge in [0, 0.05) is 17.8 Å². The van der Waals surface area contributed by atoms with Crippen LogP contribution in [0.25, 0.3) is 0 Å². The summed E-state index contributed by atoms with van der Waals surface area (Å²) in [5.74, 6) is -0.0965. The van der Waals surface area contributed by atoms with Crippen LogP contribution >= 0.6 is 11.6 Å². The predicted octanol–water partition coefficient (Wildman–Crippen LogP) is 1.99. The zero-order valence-electron chi connectivity index (χ0n) is 9.94. The maximum Gasteiger partial charge on any atom is 0.273 e. The van der Waals surface area contributed by atoms with Gasteiger partial charge in [-0.15, -0.1) is 0 Å². The SMILES string of the molecule is CC1(C)COCCN1C(=O)c1cc(Cl)ccn1. The van der Waals surface area contributed by atoms with Crippen LogP contribution < -0.4 is 0 Å². The first-order valence-corrected chi connectivity index (χ1v) is 5.90. The molecule has 2 rings (SSSR count). The van der Waals surface area contributed by atoms with E-state index in [1.54, 1.807) is 23.2 Å². The van der Waals surface area contributed by atoms with Gasteiger partial charge in [-0.25, -0.2) is 0 Å². The predicted molar refractivity (Wildman–Crippen MR) is 65.2 cm³/mol. The largest absolute Gasteiger partial charge is 0.377 e. The van der Waals surface area contributed by atoms with Crippen molar-refractivity contribution >= 4 is 17.5 Å². The van der Waals surface area contributed by atoms with Crippen molar-refractivity contribution in [1.29, 1.82) is 0 Å². The van der Waals surface area contributed by atoms with Gasteiger partial charge < -0.3 is 9.64 Å². The number of carbonyl (C=O) groups excluding carboxylic acids is 1. The number of hydrogen-bond acceptors (Lipinski definition) is 3. The molecule has 1 aliphatic rings. The van der Waals surface area contributed by atoms with Crippen molar-refractivity contribution in [2.45, 2.75) is 19.4 Å². The maximum atomic E-state index is 12.3. The molecule has 4 nitrogen and oxygen atoms in total. The minimum absolute atomic E-state index is 0.0965. The van der Waals surface area contributed by atoms with E-state index in [4.69, 9.17) is 16.3 Å². The molecule has 1 amide bonds. The summed E-state index contributed by atoms with van der Waals surface area (Å²) in [5.41, 5.74) is 0.0757. The number of halogens is 1. The Bertz CT molecular complexity index is 434. The topological polar surface area (TPSA) is 42.4 Å². The minimum Gasteiger partial charge on any atom is -0.377 e. The molecule has 0 atom stereocenters. The summed E-state index contributed by atoms with van der Waals surface area (Å²) in [4.78, 5) is 18.2. The standard InChI is InChI=1S/C12H15ClN2O2/c1-12(2)8-17-6-5-15(12)11(16)10-7-9(13)3-4-14-10/h3-4,7H,5-6,8H2,1-2H3. The first-order chi connectivity index (χ1) is 8.00. The van der Waals surface area contributed by atoms with Gasteiger partial charge in [-0.3, -0.25) is 9.78 Å². The fraction of sp³-hybridized carbons (Fsp3) is 0.500. The molecule has 5 heteroatoms. The Morgan fingerprint density at radius 2 is 2.35 bits per heavy atom. The molecule has 0 saturated carbocycles.